The quantitative estimate of drug-likeness (QED) is 0.289. The van der Waals surface area contributed by atoms with Gasteiger partial charge in [0, 0.05) is 5.57 Å². The van der Waals surface area contributed by atoms with Gasteiger partial charge >= 0.3 is 0 Å². The van der Waals surface area contributed by atoms with Gasteiger partial charge in [0.05, 0.1) is 0 Å². The molecule has 0 saturated heterocycles. The van der Waals surface area contributed by atoms with Crippen LogP contribution in [0.2, 0.25) is 0 Å². The maximum absolute atomic E-state index is 11.2. The van der Waals surface area contributed by atoms with E-state index in [4.69, 9.17) is 0 Å². The van der Waals surface area contributed by atoms with Gasteiger partial charge in [0.1, 0.15) is 0 Å². The summed E-state index contributed by atoms with van der Waals surface area (Å²) in [6.45, 7) is 9.39. The van der Waals surface area contributed by atoms with Gasteiger partial charge in [-0.2, -0.15) is 0 Å². The van der Waals surface area contributed by atoms with Crippen LogP contribution in [0.1, 0.15) is 34.6 Å². The topological polar surface area (TPSA) is 34.1 Å². The van der Waals surface area contributed by atoms with Gasteiger partial charge in [-0.1, -0.05) is 11.1 Å². The lowest BCUT2D eigenvalue weighted by molar-refractivity contribution is -0.127. The Labute approximate surface area is 79.3 Å². The molecule has 0 unspecified atom stereocenters. The number of hydrogen-bond acceptors (Lipinski definition) is 2. The highest BCUT2D eigenvalue weighted by molar-refractivity contribution is 6.34. The number of ketones is 1. The van der Waals surface area contributed by atoms with Crippen molar-refractivity contribution in [1.82, 2.24) is 0 Å². The lowest BCUT2D eigenvalue weighted by Crippen LogP contribution is -2.07. The summed E-state index contributed by atoms with van der Waals surface area (Å²) < 4.78 is 0. The molecule has 0 saturated carbocycles. The molecule has 13 heavy (non-hydrogen) atoms. The number of rotatable bonds is 3. The number of Topliss-reactive ketones (excluding diaryl/α,β-unsaturated/α-hetero) is 1. The summed E-state index contributed by atoms with van der Waals surface area (Å²) in [7, 11) is 0. The summed E-state index contributed by atoms with van der Waals surface area (Å²) in [5, 5.41) is 0. The Balaban J connectivity index is 5.34. The van der Waals surface area contributed by atoms with Crippen molar-refractivity contribution in [3.05, 3.63) is 22.3 Å². The molecule has 0 N–H and O–H groups in total. The van der Waals surface area contributed by atoms with Crippen molar-refractivity contribution in [2.45, 2.75) is 34.6 Å². The Hall–Kier alpha value is -1.18. The fourth-order valence-electron chi connectivity index (χ4n) is 1.12. The molecule has 0 aromatic rings. The van der Waals surface area contributed by atoms with E-state index in [0.717, 1.165) is 16.7 Å². The first-order valence-electron chi connectivity index (χ1n) is 4.23. The third-order valence-corrected chi connectivity index (χ3v) is 1.98. The normalized spacial score (nSPS) is 9.00. The Kier molecular flexibility index (Phi) is 4.32. The first kappa shape index (κ1) is 11.8. The van der Waals surface area contributed by atoms with Crippen molar-refractivity contribution in [3.8, 4) is 0 Å². The minimum absolute atomic E-state index is 0.370. The van der Waals surface area contributed by atoms with Crippen LogP contribution in [0.4, 0.5) is 0 Å². The van der Waals surface area contributed by atoms with Crippen molar-refractivity contribution < 1.29 is 9.59 Å². The molecule has 2 nitrogen and oxygen atoms in total. The zero-order valence-electron chi connectivity index (χ0n) is 8.89. The van der Waals surface area contributed by atoms with E-state index >= 15 is 0 Å². The van der Waals surface area contributed by atoms with Gasteiger partial charge in [0.15, 0.2) is 6.29 Å². The smallest absolute Gasteiger partial charge is 0.225 e. The van der Waals surface area contributed by atoms with Gasteiger partial charge in [-0.25, -0.2) is 0 Å². The lowest BCUT2D eigenvalue weighted by atomic mass is 9.96. The molecule has 0 aliphatic heterocycles. The Morgan fingerprint density at radius 3 is 1.62 bits per heavy atom. The number of carbonyl (C=O) groups is 2. The molecule has 0 atom stereocenters. The zero-order chi connectivity index (χ0) is 10.6. The van der Waals surface area contributed by atoms with Crippen LogP contribution >= 0.6 is 0 Å². The summed E-state index contributed by atoms with van der Waals surface area (Å²) in [5.41, 5.74) is 3.40. The van der Waals surface area contributed by atoms with Gasteiger partial charge in [-0.3, -0.25) is 9.59 Å². The SMILES string of the molecule is CC(C)=C(C)C(C(=O)C=O)=C(C)C. The fraction of sp³-hybridized carbons (Fsp3) is 0.455. The van der Waals surface area contributed by atoms with Crippen LogP contribution < -0.4 is 0 Å². The van der Waals surface area contributed by atoms with Crippen LogP contribution in [-0.4, -0.2) is 12.1 Å². The maximum Gasteiger partial charge on any atom is 0.225 e. The highest BCUT2D eigenvalue weighted by Crippen LogP contribution is 2.18. The predicted molar refractivity (Wildman–Crippen MR) is 53.5 cm³/mol. The molecule has 72 valence electrons. The third-order valence-electron chi connectivity index (χ3n) is 1.98. The lowest BCUT2D eigenvalue weighted by Gasteiger charge is -2.07. The molecular weight excluding hydrogens is 164 g/mol. The van der Waals surface area contributed by atoms with Crippen LogP contribution in [0.5, 0.6) is 0 Å². The molecule has 0 aromatic heterocycles. The second-order valence-corrected chi connectivity index (χ2v) is 3.48. The van der Waals surface area contributed by atoms with Gasteiger partial charge in [0.25, 0.3) is 0 Å². The number of aldehydes is 1. The third kappa shape index (κ3) is 2.98. The Morgan fingerprint density at radius 1 is 0.923 bits per heavy atom. The summed E-state index contributed by atoms with van der Waals surface area (Å²) in [6.07, 6.45) is 0.370. The first-order chi connectivity index (χ1) is 5.91. The highest BCUT2D eigenvalue weighted by Gasteiger charge is 2.12. The highest BCUT2D eigenvalue weighted by atomic mass is 16.2. The van der Waals surface area contributed by atoms with Gasteiger partial charge in [-0.05, 0) is 40.2 Å². The molecule has 0 radical (unpaired) electrons. The molecule has 0 fully saturated rings. The fourth-order valence-corrected chi connectivity index (χ4v) is 1.12. The second kappa shape index (κ2) is 4.75. The van der Waals surface area contributed by atoms with E-state index in [2.05, 4.69) is 0 Å². The molecular formula is C11H16O2. The zero-order valence-corrected chi connectivity index (χ0v) is 8.89. The van der Waals surface area contributed by atoms with Crippen LogP contribution in [-0.2, 0) is 9.59 Å². The monoisotopic (exact) mass is 180 g/mol. The van der Waals surface area contributed by atoms with E-state index in [1.165, 1.54) is 0 Å². The molecule has 0 heterocycles. The average Bonchev–Trinajstić information content (AvgIpc) is 2.03. The number of allylic oxidation sites excluding steroid dienone is 4. The second-order valence-electron chi connectivity index (χ2n) is 3.48. The van der Waals surface area contributed by atoms with Gasteiger partial charge in [0.2, 0.25) is 5.78 Å². The summed E-state index contributed by atoms with van der Waals surface area (Å²) in [6, 6.07) is 0. The molecule has 0 spiro atoms. The standard InChI is InChI=1S/C11H16O2/c1-7(2)9(5)11(8(3)4)10(13)6-12/h6H,1-5H3. The minimum atomic E-state index is -0.432. The maximum atomic E-state index is 11.2. The van der Waals surface area contributed by atoms with E-state index in [1.807, 2.05) is 34.6 Å². The van der Waals surface area contributed by atoms with Gasteiger partial charge in [-0.15, -0.1) is 0 Å². The Bertz CT molecular complexity index is 285. The van der Waals surface area contributed by atoms with Crippen molar-refractivity contribution in [1.29, 1.82) is 0 Å². The van der Waals surface area contributed by atoms with E-state index in [0.29, 0.717) is 11.9 Å². The number of hydrogen-bond donors (Lipinski definition) is 0. The molecule has 0 rings (SSSR count). The first-order valence-corrected chi connectivity index (χ1v) is 4.23. The van der Waals surface area contributed by atoms with E-state index in [9.17, 15) is 9.59 Å². The van der Waals surface area contributed by atoms with Crippen LogP contribution in [0.3, 0.4) is 0 Å². The molecule has 0 bridgehead atoms. The number of carbonyl (C=O) groups excluding carboxylic acids is 2. The summed E-state index contributed by atoms with van der Waals surface area (Å²) >= 11 is 0. The molecule has 0 amide bonds. The molecule has 0 aliphatic rings. The molecule has 0 aliphatic carbocycles. The average molecular weight is 180 g/mol. The van der Waals surface area contributed by atoms with Gasteiger partial charge < -0.3 is 0 Å². The van der Waals surface area contributed by atoms with E-state index < -0.39 is 5.78 Å². The summed E-state index contributed by atoms with van der Waals surface area (Å²) in [5.74, 6) is -0.432. The molecule has 0 aromatic carbocycles. The largest absolute Gasteiger partial charge is 0.294 e. The molecule has 2 heteroatoms. The van der Waals surface area contributed by atoms with Crippen LogP contribution in [0.25, 0.3) is 0 Å². The van der Waals surface area contributed by atoms with Crippen LogP contribution in [0, 0.1) is 0 Å². The van der Waals surface area contributed by atoms with Crippen LogP contribution in [0.15, 0.2) is 22.3 Å². The van der Waals surface area contributed by atoms with Crippen molar-refractivity contribution in [3.63, 3.8) is 0 Å². The van der Waals surface area contributed by atoms with Crippen molar-refractivity contribution in [2.75, 3.05) is 0 Å². The summed E-state index contributed by atoms with van der Waals surface area (Å²) in [4.78, 5) is 21.6. The predicted octanol–water partition coefficient (Wildman–Crippen LogP) is 2.45. The van der Waals surface area contributed by atoms with E-state index in [1.54, 1.807) is 0 Å². The van der Waals surface area contributed by atoms with Crippen molar-refractivity contribution in [2.24, 2.45) is 0 Å². The Morgan fingerprint density at radius 2 is 1.38 bits per heavy atom. The van der Waals surface area contributed by atoms with E-state index in [-0.39, 0.29) is 0 Å². The minimum Gasteiger partial charge on any atom is -0.294 e. The van der Waals surface area contributed by atoms with Crippen molar-refractivity contribution >= 4 is 12.1 Å².